The maximum absolute atomic E-state index is 13.7. The molecule has 0 saturated carbocycles. The Bertz CT molecular complexity index is 2080. The molecule has 8 nitrogen and oxygen atoms in total. The van der Waals surface area contributed by atoms with Gasteiger partial charge in [-0.1, -0.05) is 18.2 Å². The number of amides is 1. The summed E-state index contributed by atoms with van der Waals surface area (Å²) in [6.45, 7) is 1.89. The number of nitrogens with zero attached hydrogens (tertiary/aromatic N) is 2. The summed E-state index contributed by atoms with van der Waals surface area (Å²) in [6, 6.07) is 20.3. The number of nitrogens with one attached hydrogen (secondary N) is 1. The first-order chi connectivity index (χ1) is 20.1. The quantitative estimate of drug-likeness (QED) is 0.232. The molecule has 0 unspecified atom stereocenters. The van der Waals surface area contributed by atoms with Crippen molar-refractivity contribution in [1.29, 1.82) is 0 Å². The molecule has 10 heteroatoms. The molecule has 0 spiro atoms. The Kier molecular flexibility index (Phi) is 6.58. The zero-order valence-corrected chi connectivity index (χ0v) is 24.0. The summed E-state index contributed by atoms with van der Waals surface area (Å²) in [5.74, 6) is -0.0201. The molecule has 0 aliphatic heterocycles. The fraction of sp³-hybridized carbons (Fsp3) is 0.125. The Labute approximate surface area is 241 Å². The molecule has 0 bridgehead atoms. The van der Waals surface area contributed by atoms with Gasteiger partial charge in [-0.25, -0.2) is 12.8 Å². The van der Waals surface area contributed by atoms with Crippen LogP contribution in [0.1, 0.15) is 15.9 Å². The number of carbonyl (C=O) groups excluding carboxylic acids is 1. The molecule has 3 aromatic carbocycles. The molecule has 0 aliphatic carbocycles. The lowest BCUT2D eigenvalue weighted by atomic mass is 9.95. The summed E-state index contributed by atoms with van der Waals surface area (Å²) in [5.41, 5.74) is 4.70. The predicted octanol–water partition coefficient (Wildman–Crippen LogP) is 6.78. The number of carbonyl (C=O) groups is 1. The van der Waals surface area contributed by atoms with Gasteiger partial charge in [0.15, 0.2) is 5.76 Å². The standard InChI is InChI=1S/C32H26FN3O5S/c1-18-22(13-14-35-30(18)28-15-20-7-5-6-8-26(20)40-28)23-16-24-27(17-25(23)36(3)42(4,38)39)41-31(29(24)32(37)34-2)19-9-11-21(33)12-10-19/h5-17H,1-4H3,(H,34,37). The van der Waals surface area contributed by atoms with Crippen LogP contribution in [0.4, 0.5) is 10.1 Å². The zero-order valence-electron chi connectivity index (χ0n) is 23.2. The number of para-hydroxylation sites is 1. The molecule has 6 aromatic rings. The Balaban J connectivity index is 1.64. The van der Waals surface area contributed by atoms with Crippen molar-refractivity contribution in [3.05, 3.63) is 95.9 Å². The summed E-state index contributed by atoms with van der Waals surface area (Å²) in [6.07, 6.45) is 2.75. The van der Waals surface area contributed by atoms with E-state index in [9.17, 15) is 17.6 Å². The van der Waals surface area contributed by atoms with Crippen LogP contribution in [0.3, 0.4) is 0 Å². The lowest BCUT2D eigenvalue weighted by molar-refractivity contribution is 0.0964. The van der Waals surface area contributed by atoms with E-state index in [2.05, 4.69) is 10.3 Å². The fourth-order valence-corrected chi connectivity index (χ4v) is 5.62. The van der Waals surface area contributed by atoms with Crippen LogP contribution in [0.5, 0.6) is 0 Å². The number of hydrogen-bond acceptors (Lipinski definition) is 6. The van der Waals surface area contributed by atoms with E-state index in [1.54, 1.807) is 24.4 Å². The van der Waals surface area contributed by atoms with Gasteiger partial charge in [0.25, 0.3) is 5.91 Å². The number of halogens is 1. The first-order valence-corrected chi connectivity index (χ1v) is 14.9. The topological polar surface area (TPSA) is 106 Å². The molecule has 212 valence electrons. The van der Waals surface area contributed by atoms with Gasteiger partial charge in [0, 0.05) is 48.3 Å². The summed E-state index contributed by atoms with van der Waals surface area (Å²) < 4.78 is 52.7. The zero-order chi connectivity index (χ0) is 29.8. The number of furan rings is 2. The average molecular weight is 584 g/mol. The van der Waals surface area contributed by atoms with E-state index in [-0.39, 0.29) is 11.3 Å². The van der Waals surface area contributed by atoms with Crippen LogP contribution in [0.2, 0.25) is 0 Å². The van der Waals surface area contributed by atoms with E-state index < -0.39 is 21.7 Å². The number of fused-ring (bicyclic) bond motifs is 2. The second kappa shape index (κ2) is 10.1. The third-order valence-corrected chi connectivity index (χ3v) is 8.55. The van der Waals surface area contributed by atoms with Crippen molar-refractivity contribution in [3.63, 3.8) is 0 Å². The van der Waals surface area contributed by atoms with E-state index in [4.69, 9.17) is 8.83 Å². The molecule has 0 saturated heterocycles. The Morgan fingerprint density at radius 1 is 0.952 bits per heavy atom. The van der Waals surface area contributed by atoms with E-state index in [1.165, 1.54) is 42.7 Å². The Morgan fingerprint density at radius 2 is 1.69 bits per heavy atom. The molecule has 0 radical (unpaired) electrons. The van der Waals surface area contributed by atoms with Crippen molar-refractivity contribution in [1.82, 2.24) is 10.3 Å². The summed E-state index contributed by atoms with van der Waals surface area (Å²) in [7, 11) is -0.725. The van der Waals surface area contributed by atoms with Gasteiger partial charge < -0.3 is 14.2 Å². The summed E-state index contributed by atoms with van der Waals surface area (Å²) in [4.78, 5) is 17.8. The molecule has 0 fully saturated rings. The minimum absolute atomic E-state index is 0.240. The van der Waals surface area contributed by atoms with Crippen molar-refractivity contribution in [2.45, 2.75) is 6.92 Å². The van der Waals surface area contributed by atoms with Crippen LogP contribution in [-0.2, 0) is 10.0 Å². The number of benzene rings is 3. The van der Waals surface area contributed by atoms with Crippen molar-refractivity contribution < 1.29 is 26.4 Å². The molecular weight excluding hydrogens is 557 g/mol. The number of aromatic nitrogens is 1. The SMILES string of the molecule is CNC(=O)c1c(-c2ccc(F)cc2)oc2cc(N(C)S(C)(=O)=O)c(-c3ccnc(-c4cc5ccccc5o4)c3C)cc12. The minimum Gasteiger partial charge on any atom is -0.455 e. The van der Waals surface area contributed by atoms with Crippen LogP contribution in [-0.4, -0.2) is 39.7 Å². The number of hydrogen-bond donors (Lipinski definition) is 1. The smallest absolute Gasteiger partial charge is 0.255 e. The highest BCUT2D eigenvalue weighted by Gasteiger charge is 2.27. The number of pyridine rings is 1. The highest BCUT2D eigenvalue weighted by Crippen LogP contribution is 2.43. The Morgan fingerprint density at radius 3 is 2.38 bits per heavy atom. The van der Waals surface area contributed by atoms with Gasteiger partial charge in [0.1, 0.15) is 28.4 Å². The largest absolute Gasteiger partial charge is 0.455 e. The van der Waals surface area contributed by atoms with Crippen LogP contribution >= 0.6 is 0 Å². The maximum atomic E-state index is 13.7. The number of rotatable bonds is 6. The maximum Gasteiger partial charge on any atom is 0.255 e. The molecule has 3 aromatic heterocycles. The molecule has 42 heavy (non-hydrogen) atoms. The van der Waals surface area contributed by atoms with E-state index in [0.29, 0.717) is 44.8 Å². The van der Waals surface area contributed by atoms with Crippen LogP contribution < -0.4 is 9.62 Å². The van der Waals surface area contributed by atoms with Crippen molar-refractivity contribution in [3.8, 4) is 33.9 Å². The molecule has 6 rings (SSSR count). The summed E-state index contributed by atoms with van der Waals surface area (Å²) in [5, 5.41) is 4.05. The third kappa shape index (κ3) is 4.59. The van der Waals surface area contributed by atoms with Crippen molar-refractivity contribution in [2.24, 2.45) is 0 Å². The summed E-state index contributed by atoms with van der Waals surface area (Å²) >= 11 is 0. The molecule has 0 atom stereocenters. The average Bonchev–Trinajstić information content (AvgIpc) is 3.57. The number of sulfonamides is 1. The van der Waals surface area contributed by atoms with Crippen LogP contribution in [0.25, 0.3) is 55.8 Å². The predicted molar refractivity (Wildman–Crippen MR) is 161 cm³/mol. The Hall–Kier alpha value is -4.96. The van der Waals surface area contributed by atoms with Crippen molar-refractivity contribution in [2.75, 3.05) is 24.7 Å². The van der Waals surface area contributed by atoms with Crippen LogP contribution in [0.15, 0.2) is 87.8 Å². The van der Waals surface area contributed by atoms with Gasteiger partial charge >= 0.3 is 0 Å². The lowest BCUT2D eigenvalue weighted by Gasteiger charge is -2.22. The van der Waals surface area contributed by atoms with Gasteiger partial charge in [-0.3, -0.25) is 14.1 Å². The first-order valence-electron chi connectivity index (χ1n) is 13.0. The van der Waals surface area contributed by atoms with E-state index in [0.717, 1.165) is 22.8 Å². The third-order valence-electron chi connectivity index (χ3n) is 7.36. The second-order valence-electron chi connectivity index (χ2n) is 9.97. The van der Waals surface area contributed by atoms with E-state index in [1.807, 2.05) is 37.3 Å². The number of anilines is 1. The fourth-order valence-electron chi connectivity index (χ4n) is 5.12. The molecule has 1 N–H and O–H groups in total. The molecular formula is C32H26FN3O5S. The normalized spacial score (nSPS) is 11.7. The molecule has 0 aliphatic rings. The van der Waals surface area contributed by atoms with Gasteiger partial charge in [-0.15, -0.1) is 0 Å². The highest BCUT2D eigenvalue weighted by atomic mass is 32.2. The van der Waals surface area contributed by atoms with Gasteiger partial charge in [0.2, 0.25) is 10.0 Å². The van der Waals surface area contributed by atoms with Gasteiger partial charge in [-0.05, 0) is 66.6 Å². The highest BCUT2D eigenvalue weighted by molar-refractivity contribution is 7.92. The molecule has 3 heterocycles. The lowest BCUT2D eigenvalue weighted by Crippen LogP contribution is -2.25. The molecule has 1 amide bonds. The van der Waals surface area contributed by atoms with Crippen molar-refractivity contribution >= 4 is 43.6 Å². The van der Waals surface area contributed by atoms with Gasteiger partial charge in [-0.2, -0.15) is 0 Å². The monoisotopic (exact) mass is 583 g/mol. The van der Waals surface area contributed by atoms with E-state index >= 15 is 0 Å². The van der Waals surface area contributed by atoms with Gasteiger partial charge in [0.05, 0.1) is 17.5 Å². The van der Waals surface area contributed by atoms with Crippen LogP contribution in [0, 0.1) is 12.7 Å². The minimum atomic E-state index is -3.69. The second-order valence-corrected chi connectivity index (χ2v) is 12.0. The first kappa shape index (κ1) is 27.2.